The Balaban J connectivity index is 2.46. The summed E-state index contributed by atoms with van der Waals surface area (Å²) in [5.74, 6) is 0. The third-order valence-corrected chi connectivity index (χ3v) is 2.81. The number of thiophene rings is 1. The average molecular weight is 193 g/mol. The van der Waals surface area contributed by atoms with Crippen LogP contribution in [0, 0.1) is 0 Å². The molecular formula is C9H11N3S. The van der Waals surface area contributed by atoms with E-state index in [1.807, 2.05) is 23.9 Å². The first-order valence-electron chi connectivity index (χ1n) is 4.08. The van der Waals surface area contributed by atoms with E-state index in [4.69, 9.17) is 5.73 Å². The molecule has 2 aromatic heterocycles. The maximum Gasteiger partial charge on any atom is 0.0782 e. The summed E-state index contributed by atoms with van der Waals surface area (Å²) in [5, 5.41) is 6.34. The molecule has 0 aliphatic heterocycles. The molecule has 0 spiro atoms. The van der Waals surface area contributed by atoms with Crippen LogP contribution in [0.5, 0.6) is 0 Å². The fourth-order valence-corrected chi connectivity index (χ4v) is 2.05. The molecule has 0 aliphatic rings. The fourth-order valence-electron chi connectivity index (χ4n) is 1.28. The molecule has 2 N–H and O–H groups in total. The predicted molar refractivity (Wildman–Crippen MR) is 54.4 cm³/mol. The van der Waals surface area contributed by atoms with Gasteiger partial charge in [-0.2, -0.15) is 5.10 Å². The second-order valence-corrected chi connectivity index (χ2v) is 3.77. The van der Waals surface area contributed by atoms with Gasteiger partial charge >= 0.3 is 0 Å². The minimum Gasteiger partial charge on any atom is -0.325 e. The monoisotopic (exact) mass is 193 g/mol. The van der Waals surface area contributed by atoms with Gasteiger partial charge in [-0.1, -0.05) is 6.07 Å². The number of aryl methyl sites for hydroxylation is 1. The SMILES string of the molecule is Cn1nc(CN)cc1-c1cccs1. The molecule has 0 bridgehead atoms. The quantitative estimate of drug-likeness (QED) is 0.787. The van der Waals surface area contributed by atoms with Gasteiger partial charge in [-0.25, -0.2) is 0 Å². The smallest absolute Gasteiger partial charge is 0.0782 e. The van der Waals surface area contributed by atoms with Gasteiger partial charge in [0.25, 0.3) is 0 Å². The van der Waals surface area contributed by atoms with Crippen molar-refractivity contribution in [1.29, 1.82) is 0 Å². The number of nitrogens with zero attached hydrogens (tertiary/aromatic N) is 2. The number of aromatic nitrogens is 2. The molecule has 4 heteroatoms. The van der Waals surface area contributed by atoms with E-state index in [0.29, 0.717) is 6.54 Å². The molecule has 0 radical (unpaired) electrons. The van der Waals surface area contributed by atoms with Crippen LogP contribution in [-0.2, 0) is 13.6 Å². The van der Waals surface area contributed by atoms with E-state index in [2.05, 4.69) is 16.5 Å². The lowest BCUT2D eigenvalue weighted by Crippen LogP contribution is -1.98. The van der Waals surface area contributed by atoms with Crippen molar-refractivity contribution in [3.8, 4) is 10.6 Å². The van der Waals surface area contributed by atoms with E-state index in [1.54, 1.807) is 11.3 Å². The van der Waals surface area contributed by atoms with Gasteiger partial charge in [0.2, 0.25) is 0 Å². The van der Waals surface area contributed by atoms with Crippen molar-refractivity contribution in [1.82, 2.24) is 9.78 Å². The number of hydrogen-bond acceptors (Lipinski definition) is 3. The van der Waals surface area contributed by atoms with Crippen LogP contribution in [0.2, 0.25) is 0 Å². The van der Waals surface area contributed by atoms with Crippen molar-refractivity contribution in [3.63, 3.8) is 0 Å². The van der Waals surface area contributed by atoms with Crippen molar-refractivity contribution in [2.24, 2.45) is 12.8 Å². The molecule has 0 fully saturated rings. The molecule has 3 nitrogen and oxygen atoms in total. The lowest BCUT2D eigenvalue weighted by atomic mass is 10.3. The summed E-state index contributed by atoms with van der Waals surface area (Å²) in [6.07, 6.45) is 0. The lowest BCUT2D eigenvalue weighted by molar-refractivity contribution is 0.750. The normalized spacial score (nSPS) is 10.6. The molecule has 0 saturated carbocycles. The molecule has 0 unspecified atom stereocenters. The summed E-state index contributed by atoms with van der Waals surface area (Å²) in [4.78, 5) is 1.23. The molecule has 2 rings (SSSR count). The minimum absolute atomic E-state index is 0.499. The highest BCUT2D eigenvalue weighted by atomic mass is 32.1. The van der Waals surface area contributed by atoms with Crippen molar-refractivity contribution < 1.29 is 0 Å². The van der Waals surface area contributed by atoms with E-state index in [9.17, 15) is 0 Å². The van der Waals surface area contributed by atoms with Crippen molar-refractivity contribution in [2.45, 2.75) is 6.54 Å². The van der Waals surface area contributed by atoms with Crippen LogP contribution in [0.4, 0.5) is 0 Å². The first-order chi connectivity index (χ1) is 6.31. The summed E-state index contributed by atoms with van der Waals surface area (Å²) in [6.45, 7) is 0.499. The Kier molecular flexibility index (Phi) is 2.16. The van der Waals surface area contributed by atoms with Crippen molar-refractivity contribution in [3.05, 3.63) is 29.3 Å². The molecular weight excluding hydrogens is 182 g/mol. The second kappa shape index (κ2) is 3.32. The summed E-state index contributed by atoms with van der Waals surface area (Å²) in [6, 6.07) is 6.16. The molecule has 0 aliphatic carbocycles. The molecule has 68 valence electrons. The van der Waals surface area contributed by atoms with Crippen molar-refractivity contribution >= 4 is 11.3 Å². The molecule has 0 saturated heterocycles. The number of rotatable bonds is 2. The van der Waals surface area contributed by atoms with Gasteiger partial charge in [-0.05, 0) is 17.5 Å². The van der Waals surface area contributed by atoms with E-state index < -0.39 is 0 Å². The Bertz CT molecular complexity index is 389. The zero-order valence-electron chi connectivity index (χ0n) is 7.40. The maximum absolute atomic E-state index is 5.51. The zero-order valence-corrected chi connectivity index (χ0v) is 8.21. The Morgan fingerprint density at radius 3 is 3.00 bits per heavy atom. The van der Waals surface area contributed by atoms with Crippen LogP contribution in [0.1, 0.15) is 5.69 Å². The van der Waals surface area contributed by atoms with Crippen LogP contribution in [0.3, 0.4) is 0 Å². The highest BCUT2D eigenvalue weighted by Gasteiger charge is 2.06. The minimum atomic E-state index is 0.499. The van der Waals surface area contributed by atoms with Gasteiger partial charge in [0.05, 0.1) is 16.3 Å². The number of nitrogens with two attached hydrogens (primary N) is 1. The second-order valence-electron chi connectivity index (χ2n) is 2.83. The van der Waals surface area contributed by atoms with Crippen LogP contribution in [0.15, 0.2) is 23.6 Å². The topological polar surface area (TPSA) is 43.8 Å². The molecule has 0 amide bonds. The van der Waals surface area contributed by atoms with Gasteiger partial charge in [-0.15, -0.1) is 11.3 Å². The Labute approximate surface area is 80.8 Å². The van der Waals surface area contributed by atoms with Gasteiger partial charge in [-0.3, -0.25) is 4.68 Å². The van der Waals surface area contributed by atoms with Gasteiger partial charge < -0.3 is 5.73 Å². The van der Waals surface area contributed by atoms with E-state index >= 15 is 0 Å². The molecule has 13 heavy (non-hydrogen) atoms. The van der Waals surface area contributed by atoms with Crippen molar-refractivity contribution in [2.75, 3.05) is 0 Å². The highest BCUT2D eigenvalue weighted by molar-refractivity contribution is 7.13. The third kappa shape index (κ3) is 1.50. The maximum atomic E-state index is 5.51. The summed E-state index contributed by atoms with van der Waals surface area (Å²) < 4.78 is 1.87. The molecule has 0 aromatic carbocycles. The summed E-state index contributed by atoms with van der Waals surface area (Å²) in [7, 11) is 1.94. The summed E-state index contributed by atoms with van der Waals surface area (Å²) in [5.41, 5.74) is 7.58. The molecule has 2 heterocycles. The predicted octanol–water partition coefficient (Wildman–Crippen LogP) is 1.61. The van der Waals surface area contributed by atoms with Crippen LogP contribution in [0.25, 0.3) is 10.6 Å². The average Bonchev–Trinajstić information content (AvgIpc) is 2.72. The van der Waals surface area contributed by atoms with Gasteiger partial charge in [0, 0.05) is 13.6 Å². The fraction of sp³-hybridized carbons (Fsp3) is 0.222. The Morgan fingerprint density at radius 2 is 2.46 bits per heavy atom. The summed E-state index contributed by atoms with van der Waals surface area (Å²) >= 11 is 1.71. The van der Waals surface area contributed by atoms with Crippen LogP contribution in [-0.4, -0.2) is 9.78 Å². The highest BCUT2D eigenvalue weighted by Crippen LogP contribution is 2.24. The first kappa shape index (κ1) is 8.47. The lowest BCUT2D eigenvalue weighted by Gasteiger charge is -1.95. The molecule has 0 atom stereocenters. The van der Waals surface area contributed by atoms with Crippen LogP contribution >= 0.6 is 11.3 Å². The van der Waals surface area contributed by atoms with E-state index in [1.165, 1.54) is 4.88 Å². The standard InChI is InChI=1S/C9H11N3S/c1-12-8(5-7(6-10)11-12)9-3-2-4-13-9/h2-5H,6,10H2,1H3. The third-order valence-electron chi connectivity index (χ3n) is 1.91. The van der Waals surface area contributed by atoms with E-state index in [-0.39, 0.29) is 0 Å². The molecule has 2 aromatic rings. The van der Waals surface area contributed by atoms with Gasteiger partial charge in [0.15, 0.2) is 0 Å². The number of hydrogen-bond donors (Lipinski definition) is 1. The Hall–Kier alpha value is -1.13. The Morgan fingerprint density at radius 1 is 1.62 bits per heavy atom. The first-order valence-corrected chi connectivity index (χ1v) is 4.96. The van der Waals surface area contributed by atoms with E-state index in [0.717, 1.165) is 11.4 Å². The van der Waals surface area contributed by atoms with Crippen LogP contribution < -0.4 is 5.73 Å². The van der Waals surface area contributed by atoms with Gasteiger partial charge in [0.1, 0.15) is 0 Å². The largest absolute Gasteiger partial charge is 0.325 e. The zero-order chi connectivity index (χ0) is 9.26.